The highest BCUT2D eigenvalue weighted by Crippen LogP contribution is 2.32. The maximum atomic E-state index is 11.7. The molecule has 0 spiro atoms. The summed E-state index contributed by atoms with van der Waals surface area (Å²) in [5, 5.41) is 22.2. The number of carboxylic acid groups (broad SMARTS) is 1. The first-order valence-corrected chi connectivity index (χ1v) is 6.81. The average molecular weight is 284 g/mol. The van der Waals surface area contributed by atoms with E-state index in [-0.39, 0.29) is 24.8 Å². The third-order valence-electron chi connectivity index (χ3n) is 4.32. The molecule has 2 aliphatic rings. The number of likely N-dealkylation sites (tertiary alicyclic amines) is 1. The van der Waals surface area contributed by atoms with Crippen LogP contribution in [0.1, 0.15) is 32.1 Å². The van der Waals surface area contributed by atoms with Crippen LogP contribution in [0.5, 0.6) is 0 Å². The van der Waals surface area contributed by atoms with E-state index < -0.39 is 23.5 Å². The molecule has 1 heterocycles. The van der Waals surface area contributed by atoms with Crippen LogP contribution in [0.4, 0.5) is 0 Å². The number of amides is 2. The van der Waals surface area contributed by atoms with Gasteiger partial charge in [-0.3, -0.25) is 19.3 Å². The molecule has 3 N–H and O–H groups in total. The number of carbonyl (C=O) groups excluding carboxylic acids is 2. The molecule has 0 aromatic heterocycles. The van der Waals surface area contributed by atoms with Crippen molar-refractivity contribution in [2.24, 2.45) is 5.92 Å². The Balaban J connectivity index is 1.84. The summed E-state index contributed by atoms with van der Waals surface area (Å²) in [4.78, 5) is 35.0. The van der Waals surface area contributed by atoms with Gasteiger partial charge in [-0.05, 0) is 25.7 Å². The van der Waals surface area contributed by atoms with Gasteiger partial charge in [-0.15, -0.1) is 0 Å². The van der Waals surface area contributed by atoms with Gasteiger partial charge in [-0.25, -0.2) is 0 Å². The third kappa shape index (κ3) is 2.99. The zero-order chi connectivity index (χ0) is 14.9. The number of imide groups is 1. The van der Waals surface area contributed by atoms with Crippen LogP contribution in [0.3, 0.4) is 0 Å². The number of rotatable bonds is 4. The number of likely N-dealkylation sites (N-methyl/N-ethyl adjacent to an activating group) is 1. The van der Waals surface area contributed by atoms with Gasteiger partial charge in [-0.1, -0.05) is 0 Å². The predicted octanol–water partition coefficient (Wildman–Crippen LogP) is -0.661. The van der Waals surface area contributed by atoms with Crippen LogP contribution < -0.4 is 5.32 Å². The minimum absolute atomic E-state index is 0.114. The highest BCUT2D eigenvalue weighted by atomic mass is 16.4. The van der Waals surface area contributed by atoms with E-state index in [4.69, 9.17) is 5.11 Å². The quantitative estimate of drug-likeness (QED) is 0.592. The first kappa shape index (κ1) is 14.9. The number of nitrogens with one attached hydrogen (secondary N) is 1. The van der Waals surface area contributed by atoms with E-state index in [1.54, 1.807) is 0 Å². The lowest BCUT2D eigenvalue weighted by Crippen LogP contribution is -2.49. The number of aliphatic hydroxyl groups is 1. The average Bonchev–Trinajstić information content (AvgIpc) is 2.64. The number of aliphatic carboxylic acids is 1. The summed E-state index contributed by atoms with van der Waals surface area (Å²) < 4.78 is 0. The molecule has 1 aliphatic carbocycles. The Labute approximate surface area is 116 Å². The summed E-state index contributed by atoms with van der Waals surface area (Å²) >= 11 is 0. The number of carboxylic acids is 1. The van der Waals surface area contributed by atoms with Crippen LogP contribution in [-0.2, 0) is 14.4 Å². The normalized spacial score (nSPS) is 34.6. The summed E-state index contributed by atoms with van der Waals surface area (Å²) in [5.41, 5.74) is -0.990. The maximum Gasteiger partial charge on any atom is 0.306 e. The second-order valence-electron chi connectivity index (χ2n) is 5.77. The monoisotopic (exact) mass is 284 g/mol. The van der Waals surface area contributed by atoms with Gasteiger partial charge >= 0.3 is 5.97 Å². The van der Waals surface area contributed by atoms with Crippen LogP contribution in [0.15, 0.2) is 0 Å². The second kappa shape index (κ2) is 5.49. The van der Waals surface area contributed by atoms with E-state index >= 15 is 0 Å². The van der Waals surface area contributed by atoms with Gasteiger partial charge in [0.25, 0.3) is 0 Å². The summed E-state index contributed by atoms with van der Waals surface area (Å²) in [5.74, 6) is -1.72. The van der Waals surface area contributed by atoms with Crippen molar-refractivity contribution in [3.8, 4) is 0 Å². The van der Waals surface area contributed by atoms with Gasteiger partial charge < -0.3 is 15.5 Å². The Kier molecular flexibility index (Phi) is 4.10. The Hall–Kier alpha value is -1.47. The fourth-order valence-corrected chi connectivity index (χ4v) is 2.81. The van der Waals surface area contributed by atoms with Crippen molar-refractivity contribution >= 4 is 17.8 Å². The number of nitrogens with zero attached hydrogens (tertiary/aromatic N) is 1. The summed E-state index contributed by atoms with van der Waals surface area (Å²) in [6.07, 6.45) is 1.77. The van der Waals surface area contributed by atoms with Crippen molar-refractivity contribution in [3.05, 3.63) is 0 Å². The molecule has 2 fully saturated rings. The zero-order valence-corrected chi connectivity index (χ0v) is 11.5. The topological polar surface area (TPSA) is 107 Å². The van der Waals surface area contributed by atoms with E-state index in [1.165, 1.54) is 7.05 Å². The van der Waals surface area contributed by atoms with E-state index in [1.807, 2.05) is 0 Å². The third-order valence-corrected chi connectivity index (χ3v) is 4.32. The SMILES string of the molecule is CN1C(=O)CC(NCC2(O)CCC(C(=O)O)CC2)C1=O. The van der Waals surface area contributed by atoms with Crippen molar-refractivity contribution in [1.82, 2.24) is 10.2 Å². The molecule has 112 valence electrons. The molecule has 20 heavy (non-hydrogen) atoms. The molecule has 1 saturated carbocycles. The Bertz CT molecular complexity index is 428. The largest absolute Gasteiger partial charge is 0.481 e. The van der Waals surface area contributed by atoms with E-state index in [9.17, 15) is 19.5 Å². The van der Waals surface area contributed by atoms with Crippen molar-refractivity contribution in [2.75, 3.05) is 13.6 Å². The Morgan fingerprint density at radius 2 is 2.00 bits per heavy atom. The fraction of sp³-hybridized carbons (Fsp3) is 0.769. The highest BCUT2D eigenvalue weighted by molar-refractivity contribution is 6.05. The van der Waals surface area contributed by atoms with Crippen LogP contribution in [0.25, 0.3) is 0 Å². The molecular weight excluding hydrogens is 264 g/mol. The molecule has 0 radical (unpaired) electrons. The van der Waals surface area contributed by atoms with E-state index in [0.717, 1.165) is 4.90 Å². The van der Waals surface area contributed by atoms with Gasteiger partial charge in [0.15, 0.2) is 0 Å². The summed E-state index contributed by atoms with van der Waals surface area (Å²) in [6, 6.07) is -0.575. The molecule has 1 atom stereocenters. The lowest BCUT2D eigenvalue weighted by Gasteiger charge is -2.35. The smallest absolute Gasteiger partial charge is 0.306 e. The van der Waals surface area contributed by atoms with Gasteiger partial charge in [0, 0.05) is 13.6 Å². The van der Waals surface area contributed by atoms with Crippen molar-refractivity contribution < 1.29 is 24.6 Å². The van der Waals surface area contributed by atoms with E-state index in [2.05, 4.69) is 5.32 Å². The molecule has 1 unspecified atom stereocenters. The molecule has 0 aromatic carbocycles. The van der Waals surface area contributed by atoms with Crippen LogP contribution >= 0.6 is 0 Å². The second-order valence-corrected chi connectivity index (χ2v) is 5.77. The van der Waals surface area contributed by atoms with Gasteiger partial charge in [0.2, 0.25) is 11.8 Å². The van der Waals surface area contributed by atoms with Crippen molar-refractivity contribution in [2.45, 2.75) is 43.7 Å². The molecule has 7 heteroatoms. The molecule has 2 rings (SSSR count). The number of hydrogen-bond donors (Lipinski definition) is 3. The fourth-order valence-electron chi connectivity index (χ4n) is 2.81. The minimum Gasteiger partial charge on any atom is -0.481 e. The molecule has 0 bridgehead atoms. The van der Waals surface area contributed by atoms with Gasteiger partial charge in [-0.2, -0.15) is 0 Å². The predicted molar refractivity (Wildman–Crippen MR) is 68.7 cm³/mol. The van der Waals surface area contributed by atoms with Crippen molar-refractivity contribution in [1.29, 1.82) is 0 Å². The highest BCUT2D eigenvalue weighted by Gasteiger charge is 2.39. The van der Waals surface area contributed by atoms with E-state index in [0.29, 0.717) is 25.7 Å². The standard InChI is InChI=1S/C13H20N2O5/c1-15-10(16)6-9(11(15)17)14-7-13(20)4-2-8(3-5-13)12(18)19/h8-9,14,20H,2-7H2,1H3,(H,18,19). The molecule has 2 amide bonds. The van der Waals surface area contributed by atoms with Gasteiger partial charge in [0.1, 0.15) is 0 Å². The Morgan fingerprint density at radius 1 is 1.40 bits per heavy atom. The van der Waals surface area contributed by atoms with Crippen LogP contribution in [0.2, 0.25) is 0 Å². The minimum atomic E-state index is -0.990. The lowest BCUT2D eigenvalue weighted by molar-refractivity contribution is -0.144. The molecule has 1 saturated heterocycles. The lowest BCUT2D eigenvalue weighted by atomic mass is 9.78. The van der Waals surface area contributed by atoms with Crippen molar-refractivity contribution in [3.63, 3.8) is 0 Å². The number of carbonyl (C=O) groups is 3. The number of hydrogen-bond acceptors (Lipinski definition) is 5. The maximum absolute atomic E-state index is 11.7. The molecule has 7 nitrogen and oxygen atoms in total. The molecular formula is C13H20N2O5. The van der Waals surface area contributed by atoms with Gasteiger partial charge in [0.05, 0.1) is 24.0 Å². The zero-order valence-electron chi connectivity index (χ0n) is 11.5. The first-order valence-electron chi connectivity index (χ1n) is 6.81. The van der Waals surface area contributed by atoms with Crippen LogP contribution in [-0.4, -0.2) is 58.1 Å². The summed E-state index contributed by atoms with van der Waals surface area (Å²) in [7, 11) is 1.44. The summed E-state index contributed by atoms with van der Waals surface area (Å²) in [6.45, 7) is 0.205. The molecule has 0 aromatic rings. The van der Waals surface area contributed by atoms with Crippen LogP contribution in [0, 0.1) is 5.92 Å². The first-order chi connectivity index (χ1) is 9.32. The molecule has 1 aliphatic heterocycles. The Morgan fingerprint density at radius 3 is 2.45 bits per heavy atom.